The van der Waals surface area contributed by atoms with Crippen LogP contribution in [0.2, 0.25) is 0 Å². The first kappa shape index (κ1) is 75.5. The molecule has 102 heavy (non-hydrogen) atoms. The second kappa shape index (κ2) is 37.2. The molecule has 16 heteroatoms. The fourth-order valence-electron chi connectivity index (χ4n) is 17.0. The van der Waals surface area contributed by atoms with Crippen LogP contribution >= 0.6 is 34.4 Å². The fourth-order valence-corrected chi connectivity index (χ4v) is 20.1. The van der Waals surface area contributed by atoms with Gasteiger partial charge in [0.25, 0.3) is 23.6 Å². The topological polar surface area (TPSA) is 151 Å². The Kier molecular flexibility index (Phi) is 27.5. The first-order chi connectivity index (χ1) is 50.1. The van der Waals surface area contributed by atoms with E-state index in [0.29, 0.717) is 67.9 Å². The molecule has 0 radical (unpaired) electrons. The highest BCUT2D eigenvalue weighted by atomic mass is 32.1. The van der Waals surface area contributed by atoms with Gasteiger partial charge >= 0.3 is 0 Å². The number of imide groups is 2. The summed E-state index contributed by atoms with van der Waals surface area (Å²) in [4.78, 5) is 80.6. The number of hydrogen-bond donors (Lipinski definition) is 0. The lowest BCUT2D eigenvalue weighted by Crippen LogP contribution is -2.43. The number of benzene rings is 4. The Bertz CT molecular complexity index is 4440. The molecule has 0 saturated heterocycles. The van der Waals surface area contributed by atoms with Crippen molar-refractivity contribution in [3.63, 3.8) is 0 Å². The molecule has 3 aliphatic rings. The summed E-state index contributed by atoms with van der Waals surface area (Å²) < 4.78 is 19.8. The minimum absolute atomic E-state index is 0.169. The third kappa shape index (κ3) is 17.0. The summed E-state index contributed by atoms with van der Waals surface area (Å²) in [6.07, 6.45) is 52.3. The van der Waals surface area contributed by atoms with Gasteiger partial charge in [0.2, 0.25) is 0 Å². The molecule has 0 bridgehead atoms. The van der Waals surface area contributed by atoms with Gasteiger partial charge in [-0.2, -0.15) is 17.5 Å². The molecule has 9 aromatic rings. The van der Waals surface area contributed by atoms with E-state index in [2.05, 4.69) is 58.9 Å². The molecule has 0 aliphatic carbocycles. The van der Waals surface area contributed by atoms with Crippen LogP contribution in [0.5, 0.6) is 0 Å². The molecule has 0 N–H and O–H groups in total. The Morgan fingerprint density at radius 2 is 0.706 bits per heavy atom. The van der Waals surface area contributed by atoms with Crippen LogP contribution in [0, 0.1) is 25.7 Å². The normalized spacial score (nSPS) is 14.3. The minimum Gasteiger partial charge on any atom is -0.274 e. The smallest absolute Gasteiger partial charge is 0.262 e. The van der Waals surface area contributed by atoms with Gasteiger partial charge in [0.15, 0.2) is 0 Å². The average molecular weight is 1450 g/mol. The summed E-state index contributed by atoms with van der Waals surface area (Å²) >= 11 is 5.68. The van der Waals surface area contributed by atoms with Gasteiger partial charge in [-0.05, 0) is 93.3 Å². The molecular formula is C86H112N8O4S4. The Hall–Kier alpha value is -6.20. The van der Waals surface area contributed by atoms with Gasteiger partial charge in [0.05, 0.1) is 45.2 Å². The van der Waals surface area contributed by atoms with Gasteiger partial charge in [0, 0.05) is 105 Å². The van der Waals surface area contributed by atoms with Gasteiger partial charge < -0.3 is 0 Å². The number of thiophene rings is 2. The largest absolute Gasteiger partial charge is 0.274 e. The van der Waals surface area contributed by atoms with Crippen LogP contribution in [-0.2, 0) is 11.4 Å². The molecule has 2 unspecified atom stereocenters. The highest BCUT2D eigenvalue weighted by molar-refractivity contribution is 7.58. The zero-order valence-corrected chi connectivity index (χ0v) is 65.6. The lowest BCUT2D eigenvalue weighted by atomic mass is 9.82. The molecule has 12 nitrogen and oxygen atoms in total. The van der Waals surface area contributed by atoms with Gasteiger partial charge in [-0.1, -0.05) is 259 Å². The first-order valence-electron chi connectivity index (χ1n) is 40.3. The number of nitrogens with zero attached hydrogens (tertiary/aromatic N) is 8. The van der Waals surface area contributed by atoms with Crippen molar-refractivity contribution >= 4 is 135 Å². The third-order valence-electron chi connectivity index (χ3n) is 22.7. The van der Waals surface area contributed by atoms with Crippen LogP contribution in [-0.4, -0.2) is 65.2 Å². The van der Waals surface area contributed by atoms with Crippen molar-refractivity contribution in [2.45, 2.75) is 298 Å². The van der Waals surface area contributed by atoms with Crippen molar-refractivity contribution in [1.29, 1.82) is 0 Å². The van der Waals surface area contributed by atoms with Crippen molar-refractivity contribution in [3.05, 3.63) is 81.5 Å². The van der Waals surface area contributed by atoms with Gasteiger partial charge in [-0.15, -0.1) is 22.7 Å². The molecule has 0 spiro atoms. The lowest BCUT2D eigenvalue weighted by molar-refractivity contribution is 0.0562. The number of carbonyl (C=O) groups excluding carboxylic acids is 4. The van der Waals surface area contributed by atoms with Crippen LogP contribution in [0.1, 0.15) is 336 Å². The molecule has 3 aliphatic heterocycles. The number of aromatic nitrogens is 4. The van der Waals surface area contributed by atoms with Gasteiger partial charge in [-0.3, -0.25) is 38.9 Å². The molecule has 2 atom stereocenters. The van der Waals surface area contributed by atoms with E-state index in [1.165, 1.54) is 221 Å². The van der Waals surface area contributed by atoms with Crippen LogP contribution in [0.3, 0.4) is 0 Å². The summed E-state index contributed by atoms with van der Waals surface area (Å²) in [7, 11) is 0. The van der Waals surface area contributed by atoms with E-state index >= 15 is 19.2 Å². The number of pyridine rings is 2. The van der Waals surface area contributed by atoms with Gasteiger partial charge in [-0.25, -0.2) is 0 Å². The zero-order chi connectivity index (χ0) is 70.9. The molecule has 4 aromatic carbocycles. The van der Waals surface area contributed by atoms with E-state index in [4.69, 9.17) is 27.4 Å². The molecule has 544 valence electrons. The van der Waals surface area contributed by atoms with Crippen molar-refractivity contribution in [3.8, 4) is 31.3 Å². The van der Waals surface area contributed by atoms with Crippen molar-refractivity contribution in [2.75, 3.05) is 13.1 Å². The van der Waals surface area contributed by atoms with Crippen molar-refractivity contribution in [1.82, 2.24) is 28.5 Å². The predicted molar refractivity (Wildman–Crippen MR) is 432 cm³/mol. The Labute approximate surface area is 623 Å². The summed E-state index contributed by atoms with van der Waals surface area (Å²) in [6.45, 7) is 14.0. The maximum Gasteiger partial charge on any atom is 0.262 e. The summed E-state index contributed by atoms with van der Waals surface area (Å²) in [5.41, 5.74) is 9.54. The standard InChI is InChI=1S/C86H112N8O4S4/c1-7-11-15-19-23-27-29-33-37-41-44-59(43-39-35-31-25-21-17-13-9-3)55-93-83(95)62-51-57(5)69-75-70(62)64(85(93)97)54-88-78(75)72-61(66-49-50-68(100-66)74-81-79(89-101-91-81)73(67-48-47-58(6)99-67)80-82(74)92-102-90-80)52-63-71-65(53-87-77(69)76(71)72)86(98)94(84(63)96)56-60(45-40-36-32-26-22-18-14-10-4)46-42-38-34-30-28-24-20-16-12-8-2/h47-54,59-60H,7-46,55-56H2,1-6H3. The molecule has 5 aromatic heterocycles. The Balaban J connectivity index is 0.914. The van der Waals surface area contributed by atoms with E-state index in [9.17, 15) is 0 Å². The Morgan fingerprint density at radius 1 is 0.353 bits per heavy atom. The molecule has 4 amide bonds. The number of rotatable bonds is 47. The summed E-state index contributed by atoms with van der Waals surface area (Å²) in [5.74, 6) is -0.774. The zero-order valence-electron chi connectivity index (χ0n) is 62.3. The molecular weight excluding hydrogens is 1340 g/mol. The number of aryl methyl sites for hydroxylation is 2. The summed E-state index contributed by atoms with van der Waals surface area (Å²) in [6, 6.07) is 12.5. The van der Waals surface area contributed by atoms with Crippen molar-refractivity contribution < 1.29 is 19.2 Å². The number of fused-ring (bicyclic) bond motifs is 4. The lowest BCUT2D eigenvalue weighted by Gasteiger charge is -2.33. The van der Waals surface area contributed by atoms with Crippen molar-refractivity contribution in [2.24, 2.45) is 20.6 Å². The summed E-state index contributed by atoms with van der Waals surface area (Å²) in [5, 5.41) is 4.10. The highest BCUT2D eigenvalue weighted by Crippen LogP contribution is 2.56. The molecule has 12 rings (SSSR count). The average Bonchev–Trinajstić information content (AvgIpc) is 0.757. The van der Waals surface area contributed by atoms with Gasteiger partial charge in [0.1, 0.15) is 22.4 Å². The van der Waals surface area contributed by atoms with Crippen LogP contribution < -0.4 is 0 Å². The highest BCUT2D eigenvalue weighted by Gasteiger charge is 2.41. The number of carbonyl (C=O) groups is 4. The van der Waals surface area contributed by atoms with E-state index < -0.39 is 0 Å². The van der Waals surface area contributed by atoms with Crippen LogP contribution in [0.15, 0.2) is 57.5 Å². The second-order valence-corrected chi connectivity index (χ2v) is 33.8. The monoisotopic (exact) mass is 1450 g/mol. The SMILES string of the molecule is CCCCCCCCCCCCC(CCCCCCCCCC)CN1C(=O)c2cnc3c4c(-c5ccc(-c6c7c(c(-c8ccc(C)s8)c8nsnc68)N=S=N7)s5)cc5c6c(cnc(c7c(C)cc(c2c37)C1=O)c64)C(=O)N(CC(CCCCCCCCCC)CCCCCCCCCCCC)C5=O. The second-order valence-electron chi connectivity index (χ2n) is 30.4. The maximum absolute atomic E-state index is 16.0. The molecule has 0 saturated carbocycles. The number of hydrogen-bond acceptors (Lipinski definition) is 13. The van der Waals surface area contributed by atoms with Crippen LogP contribution in [0.4, 0.5) is 11.4 Å². The van der Waals surface area contributed by atoms with E-state index in [1.807, 2.05) is 19.1 Å². The number of unbranched alkanes of at least 4 members (excludes halogenated alkanes) is 32. The quantitative estimate of drug-likeness (QED) is 0.0158. The van der Waals surface area contributed by atoms with E-state index in [1.54, 1.807) is 44.9 Å². The Morgan fingerprint density at radius 3 is 1.12 bits per heavy atom. The van der Waals surface area contributed by atoms with Crippen LogP contribution in [0.25, 0.3) is 85.7 Å². The minimum atomic E-state index is -0.304. The molecule has 0 fully saturated rings. The first-order valence-corrected chi connectivity index (χ1v) is 43.4. The van der Waals surface area contributed by atoms with E-state index in [0.717, 1.165) is 134 Å². The molecule has 8 heterocycles. The number of amides is 4. The fraction of sp³-hybridized carbons (Fsp3) is 0.581. The maximum atomic E-state index is 16.0. The van der Waals surface area contributed by atoms with E-state index in [-0.39, 0.29) is 35.5 Å². The predicted octanol–water partition coefficient (Wildman–Crippen LogP) is 27.1. The third-order valence-corrected chi connectivity index (χ3v) is 25.9.